The minimum absolute atomic E-state index is 0.0529. The molecule has 0 N–H and O–H groups in total. The van der Waals surface area contributed by atoms with E-state index >= 15 is 0 Å². The second-order valence-corrected chi connectivity index (χ2v) is 2.99. The van der Waals surface area contributed by atoms with Crippen LogP contribution < -0.4 is 0 Å². The molecule has 1 amide bonds. The first-order valence-corrected chi connectivity index (χ1v) is 4.41. The van der Waals surface area contributed by atoms with E-state index in [1.165, 1.54) is 12.0 Å². The molecule has 0 aliphatic carbocycles. The molecule has 0 atom stereocenters. The third kappa shape index (κ3) is 4.81. The number of methoxy groups -OCH3 is 1. The molecule has 0 aliphatic rings. The summed E-state index contributed by atoms with van der Waals surface area (Å²) in [5.41, 5.74) is 0.343. The molecule has 0 radical (unpaired) electrons. The molecule has 0 unspecified atom stereocenters. The van der Waals surface area contributed by atoms with Gasteiger partial charge in [0, 0.05) is 12.1 Å². The van der Waals surface area contributed by atoms with E-state index in [1.807, 2.05) is 6.07 Å². The van der Waals surface area contributed by atoms with Crippen LogP contribution in [0.15, 0.2) is 12.2 Å². The molecule has 0 spiro atoms. The number of ether oxygens (including phenoxy) is 1. The van der Waals surface area contributed by atoms with Crippen molar-refractivity contribution in [2.75, 3.05) is 20.2 Å². The van der Waals surface area contributed by atoms with Gasteiger partial charge < -0.3 is 9.64 Å². The van der Waals surface area contributed by atoms with Gasteiger partial charge in [0.1, 0.15) is 6.54 Å². The van der Waals surface area contributed by atoms with Gasteiger partial charge in [-0.2, -0.15) is 5.26 Å². The number of esters is 1. The van der Waals surface area contributed by atoms with E-state index in [9.17, 15) is 9.59 Å². The quantitative estimate of drug-likeness (QED) is 0.376. The maximum atomic E-state index is 11.5. The number of hydrogen-bond donors (Lipinski definition) is 0. The third-order valence-corrected chi connectivity index (χ3v) is 1.73. The predicted octanol–water partition coefficient (Wildman–Crippen LogP) is 0.478. The van der Waals surface area contributed by atoms with Crippen LogP contribution in [0.25, 0.3) is 0 Å². The van der Waals surface area contributed by atoms with E-state index in [1.54, 1.807) is 6.92 Å². The monoisotopic (exact) mass is 210 g/mol. The Morgan fingerprint density at radius 3 is 2.53 bits per heavy atom. The van der Waals surface area contributed by atoms with E-state index < -0.39 is 5.97 Å². The minimum atomic E-state index is -0.410. The molecule has 0 aromatic rings. The fraction of sp³-hybridized carbons (Fsp3) is 0.500. The van der Waals surface area contributed by atoms with Crippen molar-refractivity contribution in [1.82, 2.24) is 4.90 Å². The highest BCUT2D eigenvalue weighted by atomic mass is 16.5. The number of hydrogen-bond acceptors (Lipinski definition) is 4. The molecule has 0 heterocycles. The maximum Gasteiger partial charge on any atom is 0.307 e. The van der Waals surface area contributed by atoms with Crippen LogP contribution in [0.2, 0.25) is 0 Å². The standard InChI is InChI=1S/C10H14N2O3/c1-8(2)10(14)12(7-5-11)6-4-9(13)15-3/h1,4,6-7H2,2-3H3. The summed E-state index contributed by atoms with van der Waals surface area (Å²) in [7, 11) is 1.28. The summed E-state index contributed by atoms with van der Waals surface area (Å²) in [6.07, 6.45) is 0.0806. The van der Waals surface area contributed by atoms with Crippen LogP contribution in [0, 0.1) is 11.3 Å². The summed E-state index contributed by atoms with van der Waals surface area (Å²) in [4.78, 5) is 23.6. The van der Waals surface area contributed by atoms with Crippen molar-refractivity contribution >= 4 is 11.9 Å². The average molecular weight is 210 g/mol. The van der Waals surface area contributed by atoms with Crippen LogP contribution in [-0.2, 0) is 14.3 Å². The molecule has 5 heteroatoms. The lowest BCUT2D eigenvalue weighted by atomic mass is 10.2. The first kappa shape index (κ1) is 13.2. The SMILES string of the molecule is C=C(C)C(=O)N(CC#N)CCC(=O)OC. The van der Waals surface area contributed by atoms with Gasteiger partial charge in [-0.3, -0.25) is 9.59 Å². The van der Waals surface area contributed by atoms with E-state index in [4.69, 9.17) is 5.26 Å². The largest absolute Gasteiger partial charge is 0.469 e. The van der Waals surface area contributed by atoms with Crippen molar-refractivity contribution in [3.63, 3.8) is 0 Å². The summed E-state index contributed by atoms with van der Waals surface area (Å²) < 4.78 is 4.44. The predicted molar refractivity (Wildman–Crippen MR) is 53.6 cm³/mol. The van der Waals surface area contributed by atoms with Crippen molar-refractivity contribution in [1.29, 1.82) is 5.26 Å². The topological polar surface area (TPSA) is 70.4 Å². The molecule has 5 nitrogen and oxygen atoms in total. The molecule has 0 fully saturated rings. The van der Waals surface area contributed by atoms with Crippen LogP contribution in [0.3, 0.4) is 0 Å². The molecule has 0 rings (SSSR count). The highest BCUT2D eigenvalue weighted by Crippen LogP contribution is 2.00. The molecule has 0 aliphatic heterocycles. The van der Waals surface area contributed by atoms with Gasteiger partial charge in [-0.1, -0.05) is 6.58 Å². The normalized spacial score (nSPS) is 8.87. The molecular formula is C10H14N2O3. The van der Waals surface area contributed by atoms with Crippen LogP contribution in [-0.4, -0.2) is 37.0 Å². The van der Waals surface area contributed by atoms with Gasteiger partial charge >= 0.3 is 5.97 Å². The van der Waals surface area contributed by atoms with Crippen LogP contribution in [0.4, 0.5) is 0 Å². The highest BCUT2D eigenvalue weighted by molar-refractivity contribution is 5.92. The summed E-state index contributed by atoms with van der Waals surface area (Å²) >= 11 is 0. The minimum Gasteiger partial charge on any atom is -0.469 e. The third-order valence-electron chi connectivity index (χ3n) is 1.73. The number of nitriles is 1. The maximum absolute atomic E-state index is 11.5. The summed E-state index contributed by atoms with van der Waals surface area (Å²) in [6, 6.07) is 1.86. The smallest absolute Gasteiger partial charge is 0.307 e. The van der Waals surface area contributed by atoms with Gasteiger partial charge in [0.2, 0.25) is 5.91 Å². The molecule has 0 bridgehead atoms. The zero-order valence-corrected chi connectivity index (χ0v) is 8.95. The number of carbonyl (C=O) groups excluding carboxylic acids is 2. The Labute approximate surface area is 88.9 Å². The molecule has 0 saturated carbocycles. The molecule has 0 aromatic heterocycles. The second-order valence-electron chi connectivity index (χ2n) is 2.99. The Kier molecular flexibility index (Phi) is 5.79. The van der Waals surface area contributed by atoms with E-state index in [-0.39, 0.29) is 25.4 Å². The van der Waals surface area contributed by atoms with Gasteiger partial charge in [0.25, 0.3) is 0 Å². The first-order valence-electron chi connectivity index (χ1n) is 4.41. The summed E-state index contributed by atoms with van der Waals surface area (Å²) in [6.45, 7) is 5.17. The lowest BCUT2D eigenvalue weighted by molar-refractivity contribution is -0.141. The lowest BCUT2D eigenvalue weighted by Crippen LogP contribution is -2.33. The Morgan fingerprint density at radius 1 is 1.53 bits per heavy atom. The molecule has 82 valence electrons. The van der Waals surface area contributed by atoms with Crippen molar-refractivity contribution in [2.45, 2.75) is 13.3 Å². The van der Waals surface area contributed by atoms with Crippen LogP contribution in [0.5, 0.6) is 0 Å². The Hall–Kier alpha value is -1.83. The highest BCUT2D eigenvalue weighted by Gasteiger charge is 2.14. The van der Waals surface area contributed by atoms with Gasteiger partial charge in [0.05, 0.1) is 19.6 Å². The van der Waals surface area contributed by atoms with Gasteiger partial charge in [-0.25, -0.2) is 0 Å². The first-order chi connectivity index (χ1) is 7.02. The van der Waals surface area contributed by atoms with Crippen molar-refractivity contribution in [3.05, 3.63) is 12.2 Å². The number of rotatable bonds is 5. The van der Waals surface area contributed by atoms with Crippen molar-refractivity contribution in [3.8, 4) is 6.07 Å². The fourth-order valence-corrected chi connectivity index (χ4v) is 0.936. The summed E-state index contributed by atoms with van der Waals surface area (Å²) in [5, 5.41) is 8.50. The fourth-order valence-electron chi connectivity index (χ4n) is 0.936. The van der Waals surface area contributed by atoms with Gasteiger partial charge in [-0.05, 0) is 6.92 Å². The zero-order valence-electron chi connectivity index (χ0n) is 8.95. The lowest BCUT2D eigenvalue weighted by Gasteiger charge is -2.18. The zero-order chi connectivity index (χ0) is 11.8. The molecule has 0 saturated heterocycles. The van der Waals surface area contributed by atoms with Gasteiger partial charge in [-0.15, -0.1) is 0 Å². The van der Waals surface area contributed by atoms with Gasteiger partial charge in [0.15, 0.2) is 0 Å². The Bertz CT molecular complexity index is 304. The molecule has 15 heavy (non-hydrogen) atoms. The van der Waals surface area contributed by atoms with Crippen molar-refractivity contribution in [2.24, 2.45) is 0 Å². The summed E-state index contributed by atoms with van der Waals surface area (Å²) in [5.74, 6) is -0.729. The Balaban J connectivity index is 4.29. The number of carbonyl (C=O) groups is 2. The molecular weight excluding hydrogens is 196 g/mol. The molecule has 0 aromatic carbocycles. The van der Waals surface area contributed by atoms with E-state index in [0.29, 0.717) is 5.57 Å². The van der Waals surface area contributed by atoms with Crippen molar-refractivity contribution < 1.29 is 14.3 Å². The van der Waals surface area contributed by atoms with E-state index in [2.05, 4.69) is 11.3 Å². The average Bonchev–Trinajstić information content (AvgIpc) is 2.22. The number of nitrogens with zero attached hydrogens (tertiary/aromatic N) is 2. The van der Waals surface area contributed by atoms with E-state index in [0.717, 1.165) is 0 Å². The Morgan fingerprint density at radius 2 is 2.13 bits per heavy atom. The van der Waals surface area contributed by atoms with Crippen LogP contribution in [0.1, 0.15) is 13.3 Å². The second kappa shape index (κ2) is 6.60. The number of amides is 1. The van der Waals surface area contributed by atoms with Crippen LogP contribution >= 0.6 is 0 Å².